The van der Waals surface area contributed by atoms with Crippen LogP contribution >= 0.6 is 0 Å². The zero-order valence-corrected chi connectivity index (χ0v) is 19.8. The second-order valence-corrected chi connectivity index (χ2v) is 8.54. The second-order valence-electron chi connectivity index (χ2n) is 8.54. The number of hydrogen-bond acceptors (Lipinski definition) is 7. The number of Topliss-reactive ketones (excluding diaryl/α,β-unsaturated/α-hetero) is 1. The lowest BCUT2D eigenvalue weighted by Crippen LogP contribution is -2.49. The summed E-state index contributed by atoms with van der Waals surface area (Å²) in [6, 6.07) is 11.0. The van der Waals surface area contributed by atoms with Gasteiger partial charge in [0.2, 0.25) is 5.91 Å². The van der Waals surface area contributed by atoms with Crippen molar-refractivity contribution in [1.82, 2.24) is 5.32 Å². The lowest BCUT2D eigenvalue weighted by molar-refractivity contribution is -0.00642. The number of nitrogens with zero attached hydrogens (tertiary/aromatic N) is 1. The molecule has 2 amide bonds. The third-order valence-corrected chi connectivity index (χ3v) is 5.89. The van der Waals surface area contributed by atoms with Gasteiger partial charge in [-0.3, -0.25) is 14.4 Å². The molecule has 0 saturated carbocycles. The van der Waals surface area contributed by atoms with Gasteiger partial charge in [-0.2, -0.15) is 5.26 Å². The van der Waals surface area contributed by atoms with Crippen molar-refractivity contribution in [2.45, 2.75) is 57.8 Å². The number of benzene rings is 2. The maximum Gasteiger partial charge on any atom is 0.251 e. The highest BCUT2D eigenvalue weighted by Gasteiger charge is 2.29. The van der Waals surface area contributed by atoms with Gasteiger partial charge in [0.15, 0.2) is 5.78 Å². The summed E-state index contributed by atoms with van der Waals surface area (Å²) >= 11 is 0. The van der Waals surface area contributed by atoms with Gasteiger partial charge in [0.25, 0.3) is 5.91 Å². The summed E-state index contributed by atoms with van der Waals surface area (Å²) in [4.78, 5) is 37.7. The Morgan fingerprint density at radius 2 is 1.66 bits per heavy atom. The van der Waals surface area contributed by atoms with E-state index in [1.54, 1.807) is 19.1 Å². The quantitative estimate of drug-likeness (QED) is 0.288. The molecule has 0 bridgehead atoms. The van der Waals surface area contributed by atoms with Crippen LogP contribution in [0.15, 0.2) is 42.5 Å². The lowest BCUT2D eigenvalue weighted by atomic mass is 9.93. The molecule has 9 heteroatoms. The topological polar surface area (TPSA) is 174 Å². The van der Waals surface area contributed by atoms with Crippen LogP contribution in [0.4, 0.5) is 0 Å². The van der Waals surface area contributed by atoms with Gasteiger partial charge < -0.3 is 26.4 Å². The first-order valence-corrected chi connectivity index (χ1v) is 11.4. The minimum atomic E-state index is -1.42. The van der Waals surface area contributed by atoms with E-state index < -0.39 is 30.1 Å². The highest BCUT2D eigenvalue weighted by atomic mass is 16.3. The Hall–Kier alpha value is -3.74. The number of phenols is 1. The van der Waals surface area contributed by atoms with E-state index in [-0.39, 0.29) is 53.4 Å². The van der Waals surface area contributed by atoms with Crippen LogP contribution in [-0.4, -0.2) is 51.2 Å². The van der Waals surface area contributed by atoms with E-state index >= 15 is 0 Å². The number of carbonyl (C=O) groups is 3. The molecule has 2 aromatic carbocycles. The number of aliphatic hydroxyl groups excluding tert-OH is 2. The van der Waals surface area contributed by atoms with Crippen molar-refractivity contribution in [2.75, 3.05) is 0 Å². The Labute approximate surface area is 204 Å². The van der Waals surface area contributed by atoms with Gasteiger partial charge in [0, 0.05) is 29.0 Å². The van der Waals surface area contributed by atoms with Crippen molar-refractivity contribution in [3.05, 3.63) is 64.7 Å². The molecule has 0 heterocycles. The normalized spacial score (nSPS) is 14.3. The number of aliphatic hydroxyl groups is 2. The van der Waals surface area contributed by atoms with Crippen LogP contribution in [0.3, 0.4) is 0 Å². The van der Waals surface area contributed by atoms with Crippen LogP contribution in [0.25, 0.3) is 0 Å². The number of nitrogens with two attached hydrogens (primary N) is 1. The highest BCUT2D eigenvalue weighted by Crippen LogP contribution is 2.19. The molecule has 35 heavy (non-hydrogen) atoms. The Balaban J connectivity index is 2.38. The molecule has 4 atom stereocenters. The number of rotatable bonds is 12. The standard InChI is InChI=1S/C26H31N3O6/c1-3-15(2)23(32)17-12-18(25(28)34)14-19(13-17)26(35)29-21(24(33)22(31)5-4-10-27)11-16-6-8-20(30)9-7-16/h6-9,12-15,21-22,24,30-31,33H,3-5,11H2,1-2H3,(H2,28,34)(H,29,35). The molecular weight excluding hydrogens is 450 g/mol. The van der Waals surface area contributed by atoms with E-state index in [4.69, 9.17) is 11.0 Å². The highest BCUT2D eigenvalue weighted by molar-refractivity contribution is 6.05. The first-order chi connectivity index (χ1) is 16.6. The van der Waals surface area contributed by atoms with Gasteiger partial charge in [0.05, 0.1) is 18.2 Å². The zero-order chi connectivity index (χ0) is 26.1. The molecule has 6 N–H and O–H groups in total. The van der Waals surface area contributed by atoms with E-state index in [0.29, 0.717) is 12.0 Å². The molecule has 0 aliphatic carbocycles. The smallest absolute Gasteiger partial charge is 0.251 e. The molecule has 0 aromatic heterocycles. The number of primary amides is 1. The minimum Gasteiger partial charge on any atom is -0.508 e. The third-order valence-electron chi connectivity index (χ3n) is 5.89. The first-order valence-electron chi connectivity index (χ1n) is 11.4. The van der Waals surface area contributed by atoms with Crippen molar-refractivity contribution in [2.24, 2.45) is 11.7 Å². The molecule has 2 aromatic rings. The number of nitriles is 1. The summed E-state index contributed by atoms with van der Waals surface area (Å²) < 4.78 is 0. The van der Waals surface area contributed by atoms with E-state index in [9.17, 15) is 29.7 Å². The third kappa shape index (κ3) is 7.64. The average Bonchev–Trinajstić information content (AvgIpc) is 2.86. The molecular formula is C26H31N3O6. The van der Waals surface area contributed by atoms with Crippen molar-refractivity contribution in [3.63, 3.8) is 0 Å². The minimum absolute atomic E-state index is 0.00220. The molecule has 0 fully saturated rings. The van der Waals surface area contributed by atoms with Gasteiger partial charge in [0.1, 0.15) is 11.9 Å². The Bertz CT molecular complexity index is 1090. The zero-order valence-electron chi connectivity index (χ0n) is 19.8. The predicted octanol–water partition coefficient (Wildman–Crippen LogP) is 2.09. The van der Waals surface area contributed by atoms with E-state index in [1.165, 1.54) is 30.3 Å². The van der Waals surface area contributed by atoms with Crippen LogP contribution in [0.1, 0.15) is 69.7 Å². The monoisotopic (exact) mass is 481 g/mol. The van der Waals surface area contributed by atoms with Crippen LogP contribution in [0.5, 0.6) is 5.75 Å². The van der Waals surface area contributed by atoms with Gasteiger partial charge in [-0.15, -0.1) is 0 Å². The van der Waals surface area contributed by atoms with Gasteiger partial charge in [-0.1, -0.05) is 26.0 Å². The Morgan fingerprint density at radius 1 is 1.06 bits per heavy atom. The molecule has 0 radical (unpaired) electrons. The summed E-state index contributed by atoms with van der Waals surface area (Å²) in [6.45, 7) is 3.59. The first kappa shape index (κ1) is 27.5. The number of nitrogens with one attached hydrogen (secondary N) is 1. The molecule has 2 rings (SSSR count). The van der Waals surface area contributed by atoms with Gasteiger partial charge in [-0.05, 0) is 55.2 Å². The average molecular weight is 482 g/mol. The largest absolute Gasteiger partial charge is 0.508 e. The van der Waals surface area contributed by atoms with E-state index in [1.807, 2.05) is 13.0 Å². The maximum absolute atomic E-state index is 13.2. The fourth-order valence-corrected chi connectivity index (χ4v) is 3.56. The number of amides is 2. The van der Waals surface area contributed by atoms with Gasteiger partial charge >= 0.3 is 0 Å². The van der Waals surface area contributed by atoms with Crippen LogP contribution in [-0.2, 0) is 6.42 Å². The number of phenolic OH excluding ortho intramolecular Hbond substituents is 1. The SMILES string of the molecule is CCC(C)C(=O)c1cc(C(N)=O)cc(C(=O)NC(Cc2ccc(O)cc2)C(O)C(O)CCC#N)c1. The second kappa shape index (κ2) is 12.6. The molecule has 0 spiro atoms. The van der Waals surface area contributed by atoms with E-state index in [2.05, 4.69) is 5.32 Å². The van der Waals surface area contributed by atoms with Crippen molar-refractivity contribution in [3.8, 4) is 11.8 Å². The summed E-state index contributed by atoms with van der Waals surface area (Å²) in [5, 5.41) is 42.1. The Kier molecular flexibility index (Phi) is 9.94. The van der Waals surface area contributed by atoms with Crippen molar-refractivity contribution >= 4 is 17.6 Å². The predicted molar refractivity (Wildman–Crippen MR) is 129 cm³/mol. The molecule has 0 aliphatic rings. The summed E-state index contributed by atoms with van der Waals surface area (Å²) in [5.74, 6) is -2.00. The number of hydrogen-bond donors (Lipinski definition) is 5. The number of aromatic hydroxyl groups is 1. The fourth-order valence-electron chi connectivity index (χ4n) is 3.56. The van der Waals surface area contributed by atoms with Crippen molar-refractivity contribution in [1.29, 1.82) is 5.26 Å². The summed E-state index contributed by atoms with van der Waals surface area (Å²) in [7, 11) is 0. The molecule has 0 saturated heterocycles. The lowest BCUT2D eigenvalue weighted by Gasteiger charge is -2.28. The van der Waals surface area contributed by atoms with Gasteiger partial charge in [-0.25, -0.2) is 0 Å². The maximum atomic E-state index is 13.2. The van der Waals surface area contributed by atoms with Crippen LogP contribution < -0.4 is 11.1 Å². The number of carbonyl (C=O) groups excluding carboxylic acids is 3. The summed E-state index contributed by atoms with van der Waals surface area (Å²) in [6.07, 6.45) is -2.00. The molecule has 4 unspecified atom stereocenters. The Morgan fingerprint density at radius 3 is 2.23 bits per heavy atom. The van der Waals surface area contributed by atoms with Crippen LogP contribution in [0.2, 0.25) is 0 Å². The van der Waals surface area contributed by atoms with E-state index in [0.717, 1.165) is 0 Å². The summed E-state index contributed by atoms with van der Waals surface area (Å²) in [5.41, 5.74) is 6.24. The van der Waals surface area contributed by atoms with Crippen LogP contribution in [0, 0.1) is 17.2 Å². The number of ketones is 1. The molecule has 186 valence electrons. The fraction of sp³-hybridized carbons (Fsp3) is 0.385. The molecule has 0 aliphatic heterocycles. The molecule has 9 nitrogen and oxygen atoms in total. The van der Waals surface area contributed by atoms with Crippen molar-refractivity contribution < 1.29 is 29.7 Å².